The van der Waals surface area contributed by atoms with Crippen LogP contribution in [0.2, 0.25) is 0 Å². The Labute approximate surface area is 90.4 Å². The molecular formula is C11H19N3O. The van der Waals surface area contributed by atoms with Crippen LogP contribution in [0.15, 0.2) is 12.4 Å². The monoisotopic (exact) mass is 209 g/mol. The van der Waals surface area contributed by atoms with Crippen LogP contribution < -0.4 is 5.32 Å². The number of aromatic nitrogens is 2. The van der Waals surface area contributed by atoms with Gasteiger partial charge in [-0.05, 0) is 18.8 Å². The quantitative estimate of drug-likeness (QED) is 0.703. The van der Waals surface area contributed by atoms with Crippen molar-refractivity contribution in [3.8, 4) is 0 Å². The summed E-state index contributed by atoms with van der Waals surface area (Å²) in [6.45, 7) is 1.79. The molecule has 0 amide bonds. The Morgan fingerprint density at radius 3 is 3.13 bits per heavy atom. The molecule has 1 unspecified atom stereocenters. The number of aromatic amines is 1. The highest BCUT2D eigenvalue weighted by Gasteiger charge is 2.30. The Morgan fingerprint density at radius 1 is 1.67 bits per heavy atom. The zero-order valence-electron chi connectivity index (χ0n) is 9.20. The summed E-state index contributed by atoms with van der Waals surface area (Å²) in [6, 6.07) is 0.532. The Balaban J connectivity index is 1.66. The number of methoxy groups -OCH3 is 1. The van der Waals surface area contributed by atoms with Gasteiger partial charge in [-0.25, -0.2) is 4.98 Å². The largest absolute Gasteiger partial charge is 0.383 e. The first kappa shape index (κ1) is 10.6. The highest BCUT2D eigenvalue weighted by Crippen LogP contribution is 2.32. The lowest BCUT2D eigenvalue weighted by molar-refractivity contribution is 0.158. The fourth-order valence-corrected chi connectivity index (χ4v) is 1.85. The van der Waals surface area contributed by atoms with Crippen molar-refractivity contribution in [3.63, 3.8) is 0 Å². The van der Waals surface area contributed by atoms with Crippen molar-refractivity contribution in [2.24, 2.45) is 5.92 Å². The van der Waals surface area contributed by atoms with Gasteiger partial charge in [0.15, 0.2) is 0 Å². The molecule has 1 atom stereocenters. The van der Waals surface area contributed by atoms with Gasteiger partial charge < -0.3 is 15.0 Å². The molecule has 1 aromatic heterocycles. The fraction of sp³-hybridized carbons (Fsp3) is 0.727. The van der Waals surface area contributed by atoms with E-state index >= 15 is 0 Å². The van der Waals surface area contributed by atoms with Gasteiger partial charge in [0.05, 0.1) is 6.61 Å². The normalized spacial score (nSPS) is 17.9. The van der Waals surface area contributed by atoms with Gasteiger partial charge in [0.25, 0.3) is 0 Å². The number of hydrogen-bond acceptors (Lipinski definition) is 3. The number of H-pyrrole nitrogens is 1. The van der Waals surface area contributed by atoms with Gasteiger partial charge in [-0.15, -0.1) is 0 Å². The molecule has 0 saturated heterocycles. The molecule has 0 radical (unpaired) electrons. The lowest BCUT2D eigenvalue weighted by Gasteiger charge is -2.16. The summed E-state index contributed by atoms with van der Waals surface area (Å²) in [4.78, 5) is 7.30. The highest BCUT2D eigenvalue weighted by molar-refractivity contribution is 4.90. The maximum absolute atomic E-state index is 5.21. The minimum atomic E-state index is 0.532. The lowest BCUT2D eigenvalue weighted by atomic mass is 10.2. The second kappa shape index (κ2) is 5.28. The third-order valence-corrected chi connectivity index (χ3v) is 2.86. The molecule has 4 heteroatoms. The zero-order valence-corrected chi connectivity index (χ0v) is 9.20. The predicted molar refractivity (Wildman–Crippen MR) is 58.7 cm³/mol. The van der Waals surface area contributed by atoms with Gasteiger partial charge in [0, 0.05) is 38.5 Å². The SMILES string of the molecule is COCC(NCCc1ncc[nH]1)C1CC1. The van der Waals surface area contributed by atoms with Crippen LogP contribution in [0.3, 0.4) is 0 Å². The van der Waals surface area contributed by atoms with E-state index in [0.29, 0.717) is 6.04 Å². The molecule has 0 bridgehead atoms. The van der Waals surface area contributed by atoms with Gasteiger partial charge in [0.2, 0.25) is 0 Å². The minimum absolute atomic E-state index is 0.532. The Morgan fingerprint density at radius 2 is 2.53 bits per heavy atom. The number of hydrogen-bond donors (Lipinski definition) is 2. The Bertz CT molecular complexity index is 269. The van der Waals surface area contributed by atoms with Gasteiger partial charge >= 0.3 is 0 Å². The molecule has 0 aromatic carbocycles. The van der Waals surface area contributed by atoms with E-state index in [0.717, 1.165) is 31.3 Å². The molecule has 4 nitrogen and oxygen atoms in total. The van der Waals surface area contributed by atoms with Gasteiger partial charge in [-0.2, -0.15) is 0 Å². The molecule has 0 spiro atoms. The van der Waals surface area contributed by atoms with Crippen molar-refractivity contribution in [1.29, 1.82) is 0 Å². The summed E-state index contributed by atoms with van der Waals surface area (Å²) in [5.74, 6) is 1.89. The molecule has 1 heterocycles. The van der Waals surface area contributed by atoms with Crippen molar-refractivity contribution < 1.29 is 4.74 Å². The van der Waals surface area contributed by atoms with Crippen LogP contribution in [-0.4, -0.2) is 36.3 Å². The summed E-state index contributed by atoms with van der Waals surface area (Å²) >= 11 is 0. The van der Waals surface area contributed by atoms with Gasteiger partial charge in [-0.3, -0.25) is 0 Å². The summed E-state index contributed by atoms with van der Waals surface area (Å²) in [5.41, 5.74) is 0. The molecule has 2 N–H and O–H groups in total. The smallest absolute Gasteiger partial charge is 0.107 e. The molecule has 1 aromatic rings. The molecule has 2 rings (SSSR count). The maximum atomic E-state index is 5.21. The number of rotatable bonds is 7. The van der Waals surface area contributed by atoms with Crippen LogP contribution in [0.4, 0.5) is 0 Å². The summed E-state index contributed by atoms with van der Waals surface area (Å²) in [5, 5.41) is 3.54. The number of ether oxygens (including phenoxy) is 1. The van der Waals surface area contributed by atoms with Crippen LogP contribution >= 0.6 is 0 Å². The molecule has 84 valence electrons. The average Bonchev–Trinajstić information content (AvgIpc) is 2.96. The van der Waals surface area contributed by atoms with Crippen LogP contribution in [0.1, 0.15) is 18.7 Å². The molecule has 1 aliphatic rings. The second-order valence-electron chi connectivity index (χ2n) is 4.14. The van der Waals surface area contributed by atoms with Crippen molar-refractivity contribution in [1.82, 2.24) is 15.3 Å². The summed E-state index contributed by atoms with van der Waals surface area (Å²) < 4.78 is 5.21. The van der Waals surface area contributed by atoms with Crippen LogP contribution in [0, 0.1) is 5.92 Å². The molecule has 1 saturated carbocycles. The summed E-state index contributed by atoms with van der Waals surface area (Å²) in [6.07, 6.45) is 7.31. The Hall–Kier alpha value is -0.870. The van der Waals surface area contributed by atoms with E-state index < -0.39 is 0 Å². The van der Waals surface area contributed by atoms with Crippen molar-refractivity contribution in [3.05, 3.63) is 18.2 Å². The van der Waals surface area contributed by atoms with Crippen LogP contribution in [-0.2, 0) is 11.2 Å². The minimum Gasteiger partial charge on any atom is -0.383 e. The summed E-state index contributed by atoms with van der Waals surface area (Å²) in [7, 11) is 1.77. The van der Waals surface area contributed by atoms with Crippen molar-refractivity contribution >= 4 is 0 Å². The predicted octanol–water partition coefficient (Wildman–Crippen LogP) is 0.967. The van der Waals surface area contributed by atoms with E-state index in [4.69, 9.17) is 4.74 Å². The van der Waals surface area contributed by atoms with E-state index in [1.807, 2.05) is 6.20 Å². The first-order chi connectivity index (χ1) is 7.40. The standard InChI is InChI=1S/C11H19N3O/c1-15-8-10(9-2-3-9)12-5-4-11-13-6-7-14-11/h6-7,9-10,12H,2-5,8H2,1H3,(H,13,14). The maximum Gasteiger partial charge on any atom is 0.107 e. The van der Waals surface area contributed by atoms with Gasteiger partial charge in [-0.1, -0.05) is 0 Å². The number of imidazole rings is 1. The van der Waals surface area contributed by atoms with Gasteiger partial charge in [0.1, 0.15) is 5.82 Å². The zero-order chi connectivity index (χ0) is 10.5. The van der Waals surface area contributed by atoms with E-state index in [9.17, 15) is 0 Å². The van der Waals surface area contributed by atoms with Crippen molar-refractivity contribution in [2.75, 3.05) is 20.3 Å². The third kappa shape index (κ3) is 3.32. The topological polar surface area (TPSA) is 49.9 Å². The first-order valence-electron chi connectivity index (χ1n) is 5.60. The molecule has 15 heavy (non-hydrogen) atoms. The molecule has 1 aliphatic carbocycles. The van der Waals surface area contributed by atoms with E-state index in [2.05, 4.69) is 15.3 Å². The van der Waals surface area contributed by atoms with E-state index in [-0.39, 0.29) is 0 Å². The first-order valence-corrected chi connectivity index (χ1v) is 5.60. The van der Waals surface area contributed by atoms with Crippen LogP contribution in [0.5, 0.6) is 0 Å². The van der Waals surface area contributed by atoms with Crippen LogP contribution in [0.25, 0.3) is 0 Å². The lowest BCUT2D eigenvalue weighted by Crippen LogP contribution is -2.36. The van der Waals surface area contributed by atoms with Crippen molar-refractivity contribution in [2.45, 2.75) is 25.3 Å². The van der Waals surface area contributed by atoms with E-state index in [1.54, 1.807) is 13.3 Å². The number of nitrogens with one attached hydrogen (secondary N) is 2. The number of nitrogens with zero attached hydrogens (tertiary/aromatic N) is 1. The second-order valence-corrected chi connectivity index (χ2v) is 4.14. The fourth-order valence-electron chi connectivity index (χ4n) is 1.85. The molecular weight excluding hydrogens is 190 g/mol. The molecule has 1 fully saturated rings. The third-order valence-electron chi connectivity index (χ3n) is 2.86. The molecule has 0 aliphatic heterocycles. The Kier molecular flexibility index (Phi) is 3.75. The van der Waals surface area contributed by atoms with E-state index in [1.165, 1.54) is 12.8 Å². The average molecular weight is 209 g/mol. The highest BCUT2D eigenvalue weighted by atomic mass is 16.5.